The fourth-order valence-corrected chi connectivity index (χ4v) is 1.50. The van der Waals surface area contributed by atoms with E-state index < -0.39 is 5.91 Å². The molecular formula is C11H6N4O. The summed E-state index contributed by atoms with van der Waals surface area (Å²) in [5.74, 6) is 0.0923. The number of benzene rings is 1. The lowest BCUT2D eigenvalue weighted by Crippen LogP contribution is -2.12. The number of carbonyl (C=O) groups is 1. The molecule has 0 spiro atoms. The van der Waals surface area contributed by atoms with Gasteiger partial charge in [-0.1, -0.05) is 30.3 Å². The molecule has 0 radical (unpaired) electrons. The summed E-state index contributed by atoms with van der Waals surface area (Å²) in [7, 11) is 0. The van der Waals surface area contributed by atoms with Gasteiger partial charge in [-0.2, -0.15) is 5.11 Å². The molecule has 1 aromatic carbocycles. The zero-order valence-electron chi connectivity index (χ0n) is 8.16. The highest BCUT2D eigenvalue weighted by Gasteiger charge is 2.25. The van der Waals surface area contributed by atoms with E-state index in [2.05, 4.69) is 20.2 Å². The van der Waals surface area contributed by atoms with E-state index in [-0.39, 0.29) is 5.71 Å². The number of fused-ring (bicyclic) bond motifs is 1. The van der Waals surface area contributed by atoms with E-state index in [1.165, 1.54) is 6.20 Å². The lowest BCUT2D eigenvalue weighted by molar-refractivity contribution is -0.112. The molecule has 2 aliphatic rings. The molecule has 1 amide bonds. The third kappa shape index (κ3) is 1.30. The quantitative estimate of drug-likeness (QED) is 0.695. The van der Waals surface area contributed by atoms with Crippen molar-refractivity contribution in [3.05, 3.63) is 47.8 Å². The molecule has 0 unspecified atom stereocenters. The molecule has 0 bridgehead atoms. The molecule has 1 aromatic rings. The van der Waals surface area contributed by atoms with Crippen LogP contribution in [-0.2, 0) is 4.79 Å². The second-order valence-corrected chi connectivity index (χ2v) is 3.30. The summed E-state index contributed by atoms with van der Waals surface area (Å²) >= 11 is 0. The SMILES string of the molecule is O=C1N=NC=C2N=C(c3ccccc3)N=C12. The molecule has 16 heavy (non-hydrogen) atoms. The minimum atomic E-state index is -0.438. The van der Waals surface area contributed by atoms with Crippen LogP contribution in [0.5, 0.6) is 0 Å². The standard InChI is InChI=1S/C11H6N4O/c16-11-9-8(6-12-15-11)13-10(14-9)7-4-2-1-3-5-7/h1-6H. The lowest BCUT2D eigenvalue weighted by atomic mass is 10.2. The first-order valence-corrected chi connectivity index (χ1v) is 4.73. The van der Waals surface area contributed by atoms with E-state index in [9.17, 15) is 4.79 Å². The maximum atomic E-state index is 11.3. The summed E-state index contributed by atoms with van der Waals surface area (Å²) < 4.78 is 0. The number of carbonyl (C=O) groups excluding carboxylic acids is 1. The van der Waals surface area contributed by atoms with E-state index in [1.807, 2.05) is 30.3 Å². The van der Waals surface area contributed by atoms with Gasteiger partial charge in [0, 0.05) is 5.56 Å². The summed E-state index contributed by atoms with van der Waals surface area (Å²) in [6.45, 7) is 0. The molecule has 5 heteroatoms. The van der Waals surface area contributed by atoms with Crippen LogP contribution in [0.25, 0.3) is 0 Å². The van der Waals surface area contributed by atoms with Gasteiger partial charge in [-0.15, -0.1) is 5.11 Å². The molecule has 0 N–H and O–H groups in total. The Bertz CT molecular complexity index is 581. The fourth-order valence-electron chi connectivity index (χ4n) is 1.50. The first-order chi connectivity index (χ1) is 7.84. The molecule has 0 aromatic heterocycles. The first-order valence-electron chi connectivity index (χ1n) is 4.73. The Morgan fingerprint density at radius 3 is 2.56 bits per heavy atom. The van der Waals surface area contributed by atoms with Gasteiger partial charge in [-0.3, -0.25) is 4.79 Å². The molecule has 5 nitrogen and oxygen atoms in total. The van der Waals surface area contributed by atoms with Gasteiger partial charge in [0.15, 0.2) is 11.5 Å². The summed E-state index contributed by atoms with van der Waals surface area (Å²) in [6.07, 6.45) is 1.44. The van der Waals surface area contributed by atoms with Crippen molar-refractivity contribution in [3.8, 4) is 0 Å². The number of amidine groups is 1. The van der Waals surface area contributed by atoms with Crippen molar-refractivity contribution < 1.29 is 4.79 Å². The molecule has 0 atom stereocenters. The van der Waals surface area contributed by atoms with Crippen LogP contribution in [0.3, 0.4) is 0 Å². The van der Waals surface area contributed by atoms with Crippen LogP contribution in [0.4, 0.5) is 0 Å². The molecule has 2 aliphatic heterocycles. The van der Waals surface area contributed by atoms with Gasteiger partial charge in [0.1, 0.15) is 5.70 Å². The average molecular weight is 210 g/mol. The largest absolute Gasteiger partial charge is 0.316 e. The van der Waals surface area contributed by atoms with Crippen LogP contribution in [0.2, 0.25) is 0 Å². The number of nitrogens with zero attached hydrogens (tertiary/aromatic N) is 4. The summed E-state index contributed by atoms with van der Waals surface area (Å²) in [4.78, 5) is 19.7. The molecule has 0 saturated carbocycles. The molecule has 3 rings (SSSR count). The summed E-state index contributed by atoms with van der Waals surface area (Å²) in [5, 5.41) is 6.96. The summed E-state index contributed by atoms with van der Waals surface area (Å²) in [5.41, 5.74) is 1.63. The van der Waals surface area contributed by atoms with Crippen molar-refractivity contribution in [2.45, 2.75) is 0 Å². The Kier molecular flexibility index (Phi) is 1.83. The van der Waals surface area contributed by atoms with Crippen LogP contribution in [0, 0.1) is 0 Å². The average Bonchev–Trinajstić information content (AvgIpc) is 2.76. The van der Waals surface area contributed by atoms with Crippen molar-refractivity contribution in [2.24, 2.45) is 20.2 Å². The van der Waals surface area contributed by atoms with Crippen LogP contribution < -0.4 is 0 Å². The second-order valence-electron chi connectivity index (χ2n) is 3.30. The molecular weight excluding hydrogens is 204 g/mol. The number of amides is 1. The van der Waals surface area contributed by atoms with Gasteiger partial charge in [-0.05, 0) is 0 Å². The highest BCUT2D eigenvalue weighted by atomic mass is 16.2. The van der Waals surface area contributed by atoms with Crippen molar-refractivity contribution in [3.63, 3.8) is 0 Å². The highest BCUT2D eigenvalue weighted by Crippen LogP contribution is 2.18. The van der Waals surface area contributed by atoms with E-state index in [0.717, 1.165) is 5.56 Å². The van der Waals surface area contributed by atoms with Gasteiger partial charge in [0.05, 0.1) is 6.20 Å². The van der Waals surface area contributed by atoms with Crippen LogP contribution in [0.1, 0.15) is 5.56 Å². The van der Waals surface area contributed by atoms with Crippen LogP contribution in [0.15, 0.2) is 62.4 Å². The second kappa shape index (κ2) is 3.30. The normalized spacial score (nSPS) is 17.8. The van der Waals surface area contributed by atoms with Gasteiger partial charge in [-0.25, -0.2) is 9.98 Å². The Morgan fingerprint density at radius 2 is 1.81 bits per heavy atom. The number of aliphatic imine (C=N–C) groups is 2. The first kappa shape index (κ1) is 8.84. The monoisotopic (exact) mass is 210 g/mol. The Hall–Kier alpha value is -2.43. The van der Waals surface area contributed by atoms with Crippen molar-refractivity contribution in [1.82, 2.24) is 0 Å². The molecule has 0 fully saturated rings. The Balaban J connectivity index is 2.06. The maximum absolute atomic E-state index is 11.3. The van der Waals surface area contributed by atoms with Crippen molar-refractivity contribution in [2.75, 3.05) is 0 Å². The van der Waals surface area contributed by atoms with Crippen molar-refractivity contribution >= 4 is 17.5 Å². The van der Waals surface area contributed by atoms with Gasteiger partial charge >= 0.3 is 5.91 Å². The predicted molar refractivity (Wildman–Crippen MR) is 58.4 cm³/mol. The molecule has 2 heterocycles. The lowest BCUT2D eigenvalue weighted by Gasteiger charge is -1.96. The predicted octanol–water partition coefficient (Wildman–Crippen LogP) is 1.72. The fraction of sp³-hybridized carbons (Fsp3) is 0. The topological polar surface area (TPSA) is 66.5 Å². The Morgan fingerprint density at radius 1 is 1.00 bits per heavy atom. The third-order valence-corrected chi connectivity index (χ3v) is 2.25. The number of hydrogen-bond donors (Lipinski definition) is 0. The van der Waals surface area contributed by atoms with E-state index >= 15 is 0 Å². The van der Waals surface area contributed by atoms with Crippen LogP contribution in [-0.4, -0.2) is 17.5 Å². The molecule has 76 valence electrons. The highest BCUT2D eigenvalue weighted by molar-refractivity contribution is 6.49. The van der Waals surface area contributed by atoms with E-state index in [0.29, 0.717) is 11.5 Å². The smallest absolute Gasteiger partial charge is 0.263 e. The zero-order valence-corrected chi connectivity index (χ0v) is 8.16. The summed E-state index contributed by atoms with van der Waals surface area (Å²) in [6, 6.07) is 9.48. The Labute approximate surface area is 91.0 Å². The number of azo groups is 1. The zero-order chi connectivity index (χ0) is 11.0. The van der Waals surface area contributed by atoms with E-state index in [4.69, 9.17) is 0 Å². The number of rotatable bonds is 1. The maximum Gasteiger partial charge on any atom is 0.316 e. The molecule has 0 aliphatic carbocycles. The minimum Gasteiger partial charge on any atom is -0.263 e. The van der Waals surface area contributed by atoms with Gasteiger partial charge < -0.3 is 0 Å². The van der Waals surface area contributed by atoms with E-state index in [1.54, 1.807) is 0 Å². The van der Waals surface area contributed by atoms with Crippen molar-refractivity contribution in [1.29, 1.82) is 0 Å². The minimum absolute atomic E-state index is 0.272. The van der Waals surface area contributed by atoms with Crippen LogP contribution >= 0.6 is 0 Å². The number of hydrogen-bond acceptors (Lipinski definition) is 4. The van der Waals surface area contributed by atoms with Gasteiger partial charge in [0.25, 0.3) is 0 Å². The third-order valence-electron chi connectivity index (χ3n) is 2.25. The molecule has 0 saturated heterocycles. The van der Waals surface area contributed by atoms with Gasteiger partial charge in [0.2, 0.25) is 0 Å².